The lowest BCUT2D eigenvalue weighted by Gasteiger charge is -2.13. The van der Waals surface area contributed by atoms with Crippen molar-refractivity contribution >= 4 is 40.7 Å². The molecule has 27 heavy (non-hydrogen) atoms. The van der Waals surface area contributed by atoms with Gasteiger partial charge in [0, 0.05) is 18.0 Å². The second-order valence-electron chi connectivity index (χ2n) is 6.16. The van der Waals surface area contributed by atoms with Gasteiger partial charge >= 0.3 is 0 Å². The zero-order chi connectivity index (χ0) is 20.0. The van der Waals surface area contributed by atoms with E-state index in [2.05, 4.69) is 5.32 Å². The maximum absolute atomic E-state index is 12.2. The Kier molecular flexibility index (Phi) is 7.79. The summed E-state index contributed by atoms with van der Waals surface area (Å²) in [4.78, 5) is 12.2. The smallest absolute Gasteiger partial charge is 0.237 e. The number of rotatable bonds is 7. The summed E-state index contributed by atoms with van der Waals surface area (Å²) in [6.07, 6.45) is 0.282. The number of benzene rings is 2. The number of nitrogens with zero attached hydrogens (tertiary/aromatic N) is 1. The molecule has 1 N–H and O–H groups in total. The number of carbonyl (C=O) groups is 1. The molecule has 0 aliphatic carbocycles. The topological polar surface area (TPSA) is 62.1 Å². The summed E-state index contributed by atoms with van der Waals surface area (Å²) < 4.78 is 5.67. The fourth-order valence-electron chi connectivity index (χ4n) is 2.50. The highest BCUT2D eigenvalue weighted by Crippen LogP contribution is 2.26. The summed E-state index contributed by atoms with van der Waals surface area (Å²) in [5, 5.41) is 13.6. The maximum Gasteiger partial charge on any atom is 0.237 e. The highest BCUT2D eigenvalue weighted by Gasteiger charge is 2.18. The molecule has 1 atom stereocenters. The van der Waals surface area contributed by atoms with Crippen LogP contribution in [0.25, 0.3) is 0 Å². The summed E-state index contributed by atoms with van der Waals surface area (Å²) in [5.74, 6) is -0.486. The molecular weight excluding hydrogens is 407 g/mol. The molecule has 2 rings (SSSR count). The molecule has 0 saturated carbocycles. The molecule has 0 aromatic heterocycles. The standard InChI is InChI=1S/C20H19Cl3N2O2/c1-12-7-16(8-13(2)19(12)23)27-6-5-15(10-24)20(26)25-11-14-3-4-17(21)18(22)9-14/h3-4,7-9,15H,5-6,11H2,1-2H3,(H,25,26). The number of amides is 1. The van der Waals surface area contributed by atoms with Crippen LogP contribution in [0, 0.1) is 31.1 Å². The van der Waals surface area contributed by atoms with Gasteiger partial charge in [0.2, 0.25) is 5.91 Å². The summed E-state index contributed by atoms with van der Waals surface area (Å²) >= 11 is 18.0. The minimum atomic E-state index is -0.803. The molecule has 1 unspecified atom stereocenters. The molecule has 0 spiro atoms. The van der Waals surface area contributed by atoms with E-state index < -0.39 is 5.92 Å². The number of hydrogen-bond acceptors (Lipinski definition) is 3. The Morgan fingerprint density at radius 3 is 2.41 bits per heavy atom. The third-order valence-electron chi connectivity index (χ3n) is 4.01. The first-order valence-electron chi connectivity index (χ1n) is 8.32. The van der Waals surface area contributed by atoms with Gasteiger partial charge in [-0.1, -0.05) is 40.9 Å². The third kappa shape index (κ3) is 6.04. The molecule has 0 fully saturated rings. The van der Waals surface area contributed by atoms with E-state index in [1.54, 1.807) is 18.2 Å². The Balaban J connectivity index is 1.86. The monoisotopic (exact) mass is 424 g/mol. The largest absolute Gasteiger partial charge is 0.494 e. The fourth-order valence-corrected chi connectivity index (χ4v) is 2.93. The van der Waals surface area contributed by atoms with Gasteiger partial charge in [0.1, 0.15) is 11.7 Å². The minimum Gasteiger partial charge on any atom is -0.494 e. The summed E-state index contributed by atoms with van der Waals surface area (Å²) in [6.45, 7) is 4.32. The van der Waals surface area contributed by atoms with Gasteiger partial charge in [0.15, 0.2) is 0 Å². The Morgan fingerprint density at radius 1 is 1.15 bits per heavy atom. The van der Waals surface area contributed by atoms with Gasteiger partial charge in [-0.2, -0.15) is 5.26 Å². The Hall–Kier alpha value is -1.93. The van der Waals surface area contributed by atoms with E-state index in [9.17, 15) is 10.1 Å². The van der Waals surface area contributed by atoms with Crippen LogP contribution in [0.3, 0.4) is 0 Å². The van der Waals surface area contributed by atoms with Gasteiger partial charge in [-0.05, 0) is 54.8 Å². The predicted octanol–water partition coefficient (Wildman–Crippen LogP) is 5.49. The van der Waals surface area contributed by atoms with Crippen molar-refractivity contribution in [2.45, 2.75) is 26.8 Å². The molecule has 2 aromatic rings. The van der Waals surface area contributed by atoms with E-state index >= 15 is 0 Å². The summed E-state index contributed by atoms with van der Waals surface area (Å²) in [5.41, 5.74) is 2.64. The van der Waals surface area contributed by atoms with Crippen molar-refractivity contribution < 1.29 is 9.53 Å². The Labute approximate surface area is 174 Å². The number of ether oxygens (including phenoxy) is 1. The fraction of sp³-hybridized carbons (Fsp3) is 0.300. The maximum atomic E-state index is 12.2. The number of nitrogens with one attached hydrogen (secondary N) is 1. The first-order chi connectivity index (χ1) is 12.8. The summed E-state index contributed by atoms with van der Waals surface area (Å²) in [6, 6.07) is 10.8. The van der Waals surface area contributed by atoms with Crippen LogP contribution in [0.4, 0.5) is 0 Å². The van der Waals surface area contributed by atoms with E-state index in [0.29, 0.717) is 20.8 Å². The number of aryl methyl sites for hydroxylation is 2. The molecule has 0 bridgehead atoms. The molecule has 0 saturated heterocycles. The molecular formula is C20H19Cl3N2O2. The van der Waals surface area contributed by atoms with Crippen molar-refractivity contribution in [2.75, 3.05) is 6.61 Å². The number of carbonyl (C=O) groups excluding carboxylic acids is 1. The van der Waals surface area contributed by atoms with Crippen molar-refractivity contribution in [3.8, 4) is 11.8 Å². The van der Waals surface area contributed by atoms with Gasteiger partial charge in [0.05, 0.1) is 22.7 Å². The molecule has 0 radical (unpaired) electrons. The van der Waals surface area contributed by atoms with Gasteiger partial charge < -0.3 is 10.1 Å². The third-order valence-corrected chi connectivity index (χ3v) is 5.34. The van der Waals surface area contributed by atoms with Crippen molar-refractivity contribution in [3.63, 3.8) is 0 Å². The van der Waals surface area contributed by atoms with Gasteiger partial charge in [-0.3, -0.25) is 4.79 Å². The van der Waals surface area contributed by atoms with Crippen LogP contribution in [0.5, 0.6) is 5.75 Å². The lowest BCUT2D eigenvalue weighted by Crippen LogP contribution is -2.30. The molecule has 0 aliphatic heterocycles. The van der Waals surface area contributed by atoms with E-state index in [1.807, 2.05) is 32.0 Å². The normalized spacial score (nSPS) is 11.6. The molecule has 4 nitrogen and oxygen atoms in total. The van der Waals surface area contributed by atoms with Crippen LogP contribution in [-0.2, 0) is 11.3 Å². The van der Waals surface area contributed by atoms with Crippen LogP contribution < -0.4 is 10.1 Å². The first kappa shape index (κ1) is 21.4. The van der Waals surface area contributed by atoms with Crippen molar-refractivity contribution in [1.29, 1.82) is 5.26 Å². The van der Waals surface area contributed by atoms with Crippen LogP contribution in [-0.4, -0.2) is 12.5 Å². The highest BCUT2D eigenvalue weighted by molar-refractivity contribution is 6.42. The zero-order valence-electron chi connectivity index (χ0n) is 15.0. The van der Waals surface area contributed by atoms with E-state index in [0.717, 1.165) is 16.7 Å². The molecule has 0 heterocycles. The predicted molar refractivity (Wildman–Crippen MR) is 108 cm³/mol. The quantitative estimate of drug-likeness (QED) is 0.638. The van der Waals surface area contributed by atoms with Gasteiger partial charge in [-0.25, -0.2) is 0 Å². The Morgan fingerprint density at radius 2 is 1.81 bits per heavy atom. The van der Waals surface area contributed by atoms with Crippen molar-refractivity contribution in [1.82, 2.24) is 5.32 Å². The first-order valence-corrected chi connectivity index (χ1v) is 9.46. The van der Waals surface area contributed by atoms with Gasteiger partial charge in [0.25, 0.3) is 0 Å². The number of hydrogen-bond donors (Lipinski definition) is 1. The molecule has 1 amide bonds. The average Bonchev–Trinajstić information content (AvgIpc) is 2.64. The average molecular weight is 426 g/mol. The van der Waals surface area contributed by atoms with Gasteiger partial charge in [-0.15, -0.1) is 0 Å². The highest BCUT2D eigenvalue weighted by atomic mass is 35.5. The molecule has 2 aromatic carbocycles. The number of nitriles is 1. The van der Waals surface area contributed by atoms with Crippen LogP contribution in [0.2, 0.25) is 15.1 Å². The van der Waals surface area contributed by atoms with Crippen LogP contribution >= 0.6 is 34.8 Å². The second kappa shape index (κ2) is 9.85. The Bertz CT molecular complexity index is 855. The van der Waals surface area contributed by atoms with E-state index in [1.165, 1.54) is 0 Å². The lowest BCUT2D eigenvalue weighted by molar-refractivity contribution is -0.123. The van der Waals surface area contributed by atoms with Crippen molar-refractivity contribution in [3.05, 3.63) is 62.1 Å². The van der Waals surface area contributed by atoms with E-state index in [4.69, 9.17) is 39.5 Å². The summed E-state index contributed by atoms with van der Waals surface area (Å²) in [7, 11) is 0. The molecule has 0 aliphatic rings. The minimum absolute atomic E-state index is 0.249. The zero-order valence-corrected chi connectivity index (χ0v) is 17.3. The van der Waals surface area contributed by atoms with Crippen molar-refractivity contribution in [2.24, 2.45) is 5.92 Å². The SMILES string of the molecule is Cc1cc(OCCC(C#N)C(=O)NCc2ccc(Cl)c(Cl)c2)cc(C)c1Cl. The second-order valence-corrected chi connectivity index (χ2v) is 7.35. The molecule has 142 valence electrons. The number of halogens is 3. The lowest BCUT2D eigenvalue weighted by atomic mass is 10.1. The van der Waals surface area contributed by atoms with E-state index in [-0.39, 0.29) is 25.5 Å². The molecule has 7 heteroatoms. The van der Waals surface area contributed by atoms with Crippen LogP contribution in [0.15, 0.2) is 30.3 Å². The van der Waals surface area contributed by atoms with Crippen LogP contribution in [0.1, 0.15) is 23.1 Å².